The largest absolute Gasteiger partial charge is 0.492 e. The van der Waals surface area contributed by atoms with Gasteiger partial charge in [0, 0.05) is 30.4 Å². The molecule has 1 aromatic heterocycles. The number of piperidine rings is 1. The SMILES string of the molecule is CN(C)Cc1c(OCC2(C(O[SiH](c3ccccc3)c3ccccc3)C(C)(C)C)CC2)ccc2c(CCC3CCN(C(=O)OC(C)(C)C)CC3)noc12. The number of benzene rings is 3. The molecule has 2 heterocycles. The summed E-state index contributed by atoms with van der Waals surface area (Å²) in [6.45, 7) is 15.4. The highest BCUT2D eigenvalue weighted by Crippen LogP contribution is 2.55. The molecule has 280 valence electrons. The van der Waals surface area contributed by atoms with Gasteiger partial charge in [0.25, 0.3) is 0 Å². The van der Waals surface area contributed by atoms with Gasteiger partial charge in [0.1, 0.15) is 11.4 Å². The number of fused-ring (bicyclic) bond motifs is 1. The fourth-order valence-corrected chi connectivity index (χ4v) is 10.6. The van der Waals surface area contributed by atoms with E-state index in [1.165, 1.54) is 10.4 Å². The number of likely N-dealkylation sites (tertiary alicyclic amines) is 1. The first-order valence-electron chi connectivity index (χ1n) is 19.1. The monoisotopic (exact) mass is 725 g/mol. The Kier molecular flexibility index (Phi) is 11.5. The van der Waals surface area contributed by atoms with Crippen LogP contribution in [0.4, 0.5) is 4.79 Å². The van der Waals surface area contributed by atoms with Crippen LogP contribution in [0, 0.1) is 16.7 Å². The van der Waals surface area contributed by atoms with Crippen LogP contribution in [-0.2, 0) is 22.1 Å². The Balaban J connectivity index is 1.16. The van der Waals surface area contributed by atoms with E-state index < -0.39 is 14.6 Å². The van der Waals surface area contributed by atoms with Crippen LogP contribution in [0.15, 0.2) is 77.3 Å². The Morgan fingerprint density at radius 3 is 2.10 bits per heavy atom. The van der Waals surface area contributed by atoms with Crippen LogP contribution in [0.3, 0.4) is 0 Å². The molecule has 52 heavy (non-hydrogen) atoms. The summed E-state index contributed by atoms with van der Waals surface area (Å²) >= 11 is 0. The molecule has 6 rings (SSSR count). The van der Waals surface area contributed by atoms with Crippen molar-refractivity contribution in [3.8, 4) is 5.75 Å². The predicted molar refractivity (Wildman–Crippen MR) is 211 cm³/mol. The molecule has 1 saturated heterocycles. The molecular formula is C43H59N3O5Si. The number of aryl methyl sites for hydroxylation is 1. The number of carbonyl (C=O) groups is 1. The highest BCUT2D eigenvalue weighted by molar-refractivity contribution is 6.80. The lowest BCUT2D eigenvalue weighted by molar-refractivity contribution is 0.000853. The summed E-state index contributed by atoms with van der Waals surface area (Å²) in [6.07, 6.45) is 5.78. The third kappa shape index (κ3) is 9.27. The molecule has 0 bridgehead atoms. The van der Waals surface area contributed by atoms with Gasteiger partial charge >= 0.3 is 6.09 Å². The lowest BCUT2D eigenvalue weighted by Gasteiger charge is -2.40. The Labute approximate surface area is 312 Å². The third-order valence-corrected chi connectivity index (χ3v) is 13.1. The summed E-state index contributed by atoms with van der Waals surface area (Å²) in [7, 11) is 2.18. The summed E-state index contributed by atoms with van der Waals surface area (Å²) in [5.74, 6) is 1.39. The van der Waals surface area contributed by atoms with Gasteiger partial charge in [0.05, 0.1) is 24.0 Å². The molecule has 0 radical (unpaired) electrons. The van der Waals surface area contributed by atoms with Crippen LogP contribution >= 0.6 is 0 Å². The normalized spacial score (nSPS) is 17.2. The molecule has 3 aromatic carbocycles. The molecule has 1 unspecified atom stereocenters. The van der Waals surface area contributed by atoms with Gasteiger partial charge in [-0.3, -0.25) is 0 Å². The fourth-order valence-electron chi connectivity index (χ4n) is 7.82. The van der Waals surface area contributed by atoms with E-state index >= 15 is 0 Å². The Morgan fingerprint density at radius 2 is 1.56 bits per heavy atom. The second-order valence-electron chi connectivity index (χ2n) is 17.5. The van der Waals surface area contributed by atoms with Gasteiger partial charge in [-0.2, -0.15) is 0 Å². The van der Waals surface area contributed by atoms with Crippen LogP contribution in [-0.4, -0.2) is 75.6 Å². The zero-order valence-corrected chi connectivity index (χ0v) is 33.8. The second kappa shape index (κ2) is 15.7. The van der Waals surface area contributed by atoms with Crippen LogP contribution in [0.5, 0.6) is 5.75 Å². The van der Waals surface area contributed by atoms with Gasteiger partial charge in [-0.25, -0.2) is 4.79 Å². The summed E-state index contributed by atoms with van der Waals surface area (Å²) < 4.78 is 25.9. The zero-order valence-electron chi connectivity index (χ0n) is 32.6. The average Bonchev–Trinajstić information content (AvgIpc) is 3.76. The van der Waals surface area contributed by atoms with E-state index in [-0.39, 0.29) is 23.0 Å². The molecule has 9 heteroatoms. The molecule has 1 atom stereocenters. The van der Waals surface area contributed by atoms with Gasteiger partial charge in [0.2, 0.25) is 9.04 Å². The van der Waals surface area contributed by atoms with Gasteiger partial charge in [-0.05, 0) is 107 Å². The van der Waals surface area contributed by atoms with Crippen LogP contribution < -0.4 is 15.1 Å². The average molecular weight is 726 g/mol. The smallest absolute Gasteiger partial charge is 0.410 e. The minimum Gasteiger partial charge on any atom is -0.492 e. The summed E-state index contributed by atoms with van der Waals surface area (Å²) in [6, 6.07) is 25.8. The predicted octanol–water partition coefficient (Wildman–Crippen LogP) is 7.60. The van der Waals surface area contributed by atoms with Crippen molar-refractivity contribution in [2.45, 2.75) is 98.3 Å². The maximum atomic E-state index is 12.5. The molecule has 1 saturated carbocycles. The van der Waals surface area contributed by atoms with Crippen molar-refractivity contribution in [2.75, 3.05) is 33.8 Å². The van der Waals surface area contributed by atoms with Crippen molar-refractivity contribution in [1.82, 2.24) is 15.0 Å². The molecular weight excluding hydrogens is 667 g/mol. The van der Waals surface area contributed by atoms with Crippen molar-refractivity contribution in [2.24, 2.45) is 16.7 Å². The molecule has 2 aliphatic rings. The molecule has 1 aliphatic heterocycles. The van der Waals surface area contributed by atoms with E-state index in [4.69, 9.17) is 18.4 Å². The van der Waals surface area contributed by atoms with E-state index in [2.05, 4.69) is 118 Å². The summed E-state index contributed by atoms with van der Waals surface area (Å²) in [5.41, 5.74) is 2.23. The maximum absolute atomic E-state index is 12.5. The van der Waals surface area contributed by atoms with Crippen molar-refractivity contribution < 1.29 is 23.2 Å². The van der Waals surface area contributed by atoms with E-state index in [1.54, 1.807) is 0 Å². The van der Waals surface area contributed by atoms with Crippen LogP contribution in [0.25, 0.3) is 11.0 Å². The minimum absolute atomic E-state index is 0.0333. The van der Waals surface area contributed by atoms with E-state index in [0.29, 0.717) is 19.1 Å². The molecule has 0 spiro atoms. The lowest BCUT2D eigenvalue weighted by atomic mass is 9.79. The number of ether oxygens (including phenoxy) is 2. The summed E-state index contributed by atoms with van der Waals surface area (Å²) in [4.78, 5) is 16.5. The molecule has 2 fully saturated rings. The highest BCUT2D eigenvalue weighted by atomic mass is 28.3. The zero-order chi connectivity index (χ0) is 37.1. The van der Waals surface area contributed by atoms with Gasteiger partial charge in [0.15, 0.2) is 5.58 Å². The molecule has 4 aromatic rings. The van der Waals surface area contributed by atoms with Crippen LogP contribution in [0.1, 0.15) is 84.9 Å². The van der Waals surface area contributed by atoms with Crippen molar-refractivity contribution in [1.29, 1.82) is 0 Å². The Hall–Kier alpha value is -3.66. The first-order valence-corrected chi connectivity index (χ1v) is 20.8. The number of carbonyl (C=O) groups excluding carboxylic acids is 1. The number of rotatable bonds is 13. The van der Waals surface area contributed by atoms with E-state index in [0.717, 1.165) is 79.6 Å². The van der Waals surface area contributed by atoms with Gasteiger partial charge in [-0.1, -0.05) is 86.6 Å². The molecule has 1 aliphatic carbocycles. The fraction of sp³-hybridized carbons (Fsp3) is 0.535. The number of hydrogen-bond acceptors (Lipinski definition) is 7. The quantitative estimate of drug-likeness (QED) is 0.132. The highest BCUT2D eigenvalue weighted by Gasteiger charge is 2.55. The van der Waals surface area contributed by atoms with Crippen molar-refractivity contribution in [3.63, 3.8) is 0 Å². The lowest BCUT2D eigenvalue weighted by Crippen LogP contribution is -2.53. The number of aromatic nitrogens is 1. The number of nitrogens with zero attached hydrogens (tertiary/aromatic N) is 3. The van der Waals surface area contributed by atoms with Crippen LogP contribution in [0.2, 0.25) is 0 Å². The third-order valence-electron chi connectivity index (χ3n) is 10.5. The second-order valence-corrected chi connectivity index (χ2v) is 19.8. The molecule has 1 amide bonds. The summed E-state index contributed by atoms with van der Waals surface area (Å²) in [5, 5.41) is 8.25. The van der Waals surface area contributed by atoms with Crippen molar-refractivity contribution >= 4 is 36.5 Å². The maximum Gasteiger partial charge on any atom is 0.410 e. The Morgan fingerprint density at radius 1 is 0.942 bits per heavy atom. The molecule has 0 N–H and O–H groups in total. The first-order chi connectivity index (χ1) is 24.7. The standard InChI is InChI=1S/C43H59N3O5Si/c1-41(2,3)39(51-52(32-15-11-9-12-16-32)33-17-13-10-14-18-33)43(25-26-43)30-48-37-22-20-34-36(44-50-38(34)35(37)29-45(7)8)21-19-31-23-27-46(28-24-31)40(47)49-42(4,5)6/h9-18,20,22,31,39,52H,19,21,23-30H2,1-8H3. The first kappa shape index (κ1) is 38.1. The number of amides is 1. The Bertz CT molecular complexity index is 1730. The number of hydrogen-bond donors (Lipinski definition) is 0. The van der Waals surface area contributed by atoms with E-state index in [9.17, 15) is 4.79 Å². The van der Waals surface area contributed by atoms with Crippen molar-refractivity contribution in [3.05, 3.63) is 84.1 Å². The topological polar surface area (TPSA) is 77.3 Å². The van der Waals surface area contributed by atoms with Gasteiger partial charge < -0.3 is 28.2 Å². The van der Waals surface area contributed by atoms with Gasteiger partial charge in [-0.15, -0.1) is 0 Å². The molecule has 8 nitrogen and oxygen atoms in total. The van der Waals surface area contributed by atoms with E-state index in [1.807, 2.05) is 25.7 Å². The minimum atomic E-state index is -1.97.